The molecule has 0 bridgehead atoms. The van der Waals surface area contributed by atoms with Gasteiger partial charge in [0.25, 0.3) is 5.91 Å². The first-order valence-electron chi connectivity index (χ1n) is 5.12. The normalized spacial score (nSPS) is 17.5. The van der Waals surface area contributed by atoms with E-state index in [1.165, 1.54) is 6.92 Å². The summed E-state index contributed by atoms with van der Waals surface area (Å²) in [6.07, 6.45) is 1.61. The number of aliphatic hydroxyl groups is 1. The molecule has 0 saturated heterocycles. The van der Waals surface area contributed by atoms with Crippen molar-refractivity contribution >= 4 is 17.8 Å². The molecule has 1 aromatic rings. The third-order valence-electron chi connectivity index (χ3n) is 2.43. The number of ketones is 1. The van der Waals surface area contributed by atoms with E-state index in [1.807, 2.05) is 30.3 Å². The maximum Gasteiger partial charge on any atom is 0.263 e. The van der Waals surface area contributed by atoms with Crippen LogP contribution in [0.3, 0.4) is 0 Å². The maximum atomic E-state index is 11.4. The van der Waals surface area contributed by atoms with Crippen molar-refractivity contribution < 1.29 is 14.7 Å². The number of benzene rings is 1. The number of carbonyl (C=O) groups excluding carboxylic acids is 2. The van der Waals surface area contributed by atoms with Crippen molar-refractivity contribution in [3.05, 3.63) is 52.9 Å². The molecule has 0 saturated carbocycles. The Morgan fingerprint density at radius 1 is 1.29 bits per heavy atom. The minimum atomic E-state index is -0.558. The summed E-state index contributed by atoms with van der Waals surface area (Å²) in [5, 5.41) is 12.2. The summed E-state index contributed by atoms with van der Waals surface area (Å²) < 4.78 is 0. The minimum Gasteiger partial charge on any atom is -0.505 e. The molecular formula is C13H11NO3. The van der Waals surface area contributed by atoms with E-state index < -0.39 is 11.7 Å². The monoisotopic (exact) mass is 229 g/mol. The predicted molar refractivity (Wildman–Crippen MR) is 62.9 cm³/mol. The Balaban J connectivity index is 2.41. The lowest BCUT2D eigenvalue weighted by Crippen LogP contribution is -2.18. The molecule has 1 aromatic carbocycles. The van der Waals surface area contributed by atoms with Crippen molar-refractivity contribution in [2.24, 2.45) is 0 Å². The molecule has 2 rings (SSSR count). The molecule has 0 fully saturated rings. The number of amides is 1. The third kappa shape index (κ3) is 2.10. The van der Waals surface area contributed by atoms with Crippen LogP contribution >= 0.6 is 0 Å². The molecule has 0 unspecified atom stereocenters. The molecule has 1 amide bonds. The van der Waals surface area contributed by atoms with Gasteiger partial charge in [-0.15, -0.1) is 0 Å². The fraction of sp³-hybridized carbons (Fsp3) is 0.0769. The Hall–Kier alpha value is -2.36. The molecule has 1 heterocycles. The van der Waals surface area contributed by atoms with Crippen LogP contribution in [0, 0.1) is 0 Å². The van der Waals surface area contributed by atoms with Gasteiger partial charge in [-0.3, -0.25) is 9.59 Å². The van der Waals surface area contributed by atoms with Gasteiger partial charge in [0.15, 0.2) is 11.5 Å². The summed E-state index contributed by atoms with van der Waals surface area (Å²) >= 11 is 0. The molecule has 4 nitrogen and oxygen atoms in total. The zero-order valence-corrected chi connectivity index (χ0v) is 9.23. The molecule has 0 aromatic heterocycles. The molecule has 0 atom stereocenters. The first-order chi connectivity index (χ1) is 8.09. The molecule has 0 aliphatic carbocycles. The molecular weight excluding hydrogens is 218 g/mol. The highest BCUT2D eigenvalue weighted by Gasteiger charge is 2.29. The van der Waals surface area contributed by atoms with Crippen LogP contribution in [0.2, 0.25) is 0 Å². The number of carbonyl (C=O) groups is 2. The lowest BCUT2D eigenvalue weighted by atomic mass is 10.1. The van der Waals surface area contributed by atoms with Crippen LogP contribution in [-0.4, -0.2) is 16.8 Å². The van der Waals surface area contributed by atoms with Gasteiger partial charge >= 0.3 is 0 Å². The number of rotatable bonds is 2. The maximum absolute atomic E-state index is 11.4. The Morgan fingerprint density at radius 2 is 1.94 bits per heavy atom. The van der Waals surface area contributed by atoms with E-state index in [9.17, 15) is 14.7 Å². The van der Waals surface area contributed by atoms with Gasteiger partial charge in [-0.05, 0) is 18.6 Å². The molecule has 2 N–H and O–H groups in total. The lowest BCUT2D eigenvalue weighted by Gasteiger charge is -1.99. The molecule has 1 aliphatic heterocycles. The summed E-state index contributed by atoms with van der Waals surface area (Å²) in [7, 11) is 0. The highest BCUT2D eigenvalue weighted by Crippen LogP contribution is 2.21. The average molecular weight is 229 g/mol. The number of nitrogens with one attached hydrogen (secondary N) is 1. The van der Waals surface area contributed by atoms with Crippen molar-refractivity contribution in [3.63, 3.8) is 0 Å². The summed E-state index contributed by atoms with van der Waals surface area (Å²) in [6, 6.07) is 9.22. The number of hydrogen-bond acceptors (Lipinski definition) is 3. The van der Waals surface area contributed by atoms with Crippen LogP contribution in [-0.2, 0) is 9.59 Å². The van der Waals surface area contributed by atoms with Crippen LogP contribution in [0.1, 0.15) is 12.5 Å². The molecule has 1 aliphatic rings. The lowest BCUT2D eigenvalue weighted by molar-refractivity contribution is -0.120. The SMILES string of the molecule is CC(=O)C1=C(O)/C(=C\c2ccccc2)NC1=O. The first kappa shape index (κ1) is 11.1. The summed E-state index contributed by atoms with van der Waals surface area (Å²) in [5.74, 6) is -1.29. The Kier molecular flexibility index (Phi) is 2.78. The topological polar surface area (TPSA) is 66.4 Å². The van der Waals surface area contributed by atoms with Crippen LogP contribution < -0.4 is 5.32 Å². The molecule has 4 heteroatoms. The van der Waals surface area contributed by atoms with Gasteiger partial charge in [0.05, 0.1) is 5.70 Å². The van der Waals surface area contributed by atoms with E-state index in [4.69, 9.17) is 0 Å². The number of Topliss-reactive ketones (excluding diaryl/α,β-unsaturated/α-hetero) is 1. The van der Waals surface area contributed by atoms with E-state index in [0.29, 0.717) is 0 Å². The fourth-order valence-corrected chi connectivity index (χ4v) is 1.63. The van der Waals surface area contributed by atoms with Gasteiger partial charge in [0.1, 0.15) is 5.57 Å². The summed E-state index contributed by atoms with van der Waals surface area (Å²) in [5.41, 5.74) is 0.901. The zero-order valence-electron chi connectivity index (χ0n) is 9.23. The van der Waals surface area contributed by atoms with Crippen LogP contribution in [0.15, 0.2) is 47.4 Å². The van der Waals surface area contributed by atoms with Gasteiger partial charge in [0, 0.05) is 0 Å². The van der Waals surface area contributed by atoms with E-state index in [2.05, 4.69) is 5.32 Å². The van der Waals surface area contributed by atoms with Gasteiger partial charge in [-0.25, -0.2) is 0 Å². The summed E-state index contributed by atoms with van der Waals surface area (Å²) in [6.45, 7) is 1.25. The Morgan fingerprint density at radius 3 is 2.47 bits per heavy atom. The van der Waals surface area contributed by atoms with Crippen LogP contribution in [0.25, 0.3) is 6.08 Å². The Labute approximate surface area is 98.3 Å². The number of hydrogen-bond donors (Lipinski definition) is 2. The van der Waals surface area contributed by atoms with Crippen molar-refractivity contribution in [1.82, 2.24) is 5.32 Å². The van der Waals surface area contributed by atoms with Gasteiger partial charge in [-0.2, -0.15) is 0 Å². The van der Waals surface area contributed by atoms with Crippen LogP contribution in [0.4, 0.5) is 0 Å². The predicted octanol–water partition coefficient (Wildman–Crippen LogP) is 1.56. The van der Waals surface area contributed by atoms with E-state index in [-0.39, 0.29) is 17.0 Å². The number of aliphatic hydroxyl groups excluding tert-OH is 1. The first-order valence-corrected chi connectivity index (χ1v) is 5.12. The highest BCUT2D eigenvalue weighted by atomic mass is 16.3. The van der Waals surface area contributed by atoms with E-state index in [1.54, 1.807) is 6.08 Å². The van der Waals surface area contributed by atoms with Crippen molar-refractivity contribution in [3.8, 4) is 0 Å². The van der Waals surface area contributed by atoms with Crippen molar-refractivity contribution in [1.29, 1.82) is 0 Å². The minimum absolute atomic E-state index is 0.188. The van der Waals surface area contributed by atoms with Crippen LogP contribution in [0.5, 0.6) is 0 Å². The van der Waals surface area contributed by atoms with Crippen molar-refractivity contribution in [2.75, 3.05) is 0 Å². The second kappa shape index (κ2) is 4.25. The molecule has 0 radical (unpaired) electrons. The van der Waals surface area contributed by atoms with Crippen molar-refractivity contribution in [2.45, 2.75) is 6.92 Å². The van der Waals surface area contributed by atoms with E-state index >= 15 is 0 Å². The molecule has 17 heavy (non-hydrogen) atoms. The molecule has 86 valence electrons. The second-order valence-corrected chi connectivity index (χ2v) is 3.70. The quantitative estimate of drug-likeness (QED) is 0.756. The molecule has 0 spiro atoms. The van der Waals surface area contributed by atoms with Gasteiger partial charge in [-0.1, -0.05) is 30.3 Å². The average Bonchev–Trinajstić information content (AvgIpc) is 2.55. The Bertz CT molecular complexity index is 541. The second-order valence-electron chi connectivity index (χ2n) is 3.70. The fourth-order valence-electron chi connectivity index (χ4n) is 1.63. The van der Waals surface area contributed by atoms with E-state index in [0.717, 1.165) is 5.56 Å². The third-order valence-corrected chi connectivity index (χ3v) is 2.43. The van der Waals surface area contributed by atoms with Gasteiger partial charge in [0.2, 0.25) is 0 Å². The summed E-state index contributed by atoms with van der Waals surface area (Å²) in [4.78, 5) is 22.6. The standard InChI is InChI=1S/C13H11NO3/c1-8(15)11-12(16)10(14-13(11)17)7-9-5-3-2-4-6-9/h2-7,16H,1H3,(H,14,17)/b10-7+. The smallest absolute Gasteiger partial charge is 0.263 e. The zero-order chi connectivity index (χ0) is 12.4. The largest absolute Gasteiger partial charge is 0.505 e. The van der Waals surface area contributed by atoms with Gasteiger partial charge < -0.3 is 10.4 Å². The highest BCUT2D eigenvalue weighted by molar-refractivity contribution is 6.22.